The number of nitrogens with zero attached hydrogens (tertiary/aromatic N) is 1. The molecule has 1 fully saturated rings. The van der Waals surface area contributed by atoms with Crippen LogP contribution in [-0.2, 0) is 0 Å². The lowest BCUT2D eigenvalue weighted by Crippen LogP contribution is -2.33. The highest BCUT2D eigenvalue weighted by Gasteiger charge is 2.11. The van der Waals surface area contributed by atoms with E-state index in [2.05, 4.69) is 10.3 Å². The molecule has 13 heavy (non-hydrogen) atoms. The van der Waals surface area contributed by atoms with Gasteiger partial charge in [-0.2, -0.15) is 0 Å². The highest BCUT2D eigenvalue weighted by atomic mass is 15.0. The Labute approximate surface area is 79.8 Å². The lowest BCUT2D eigenvalue weighted by Gasteiger charge is -2.22. The summed E-state index contributed by atoms with van der Waals surface area (Å²) in [5.74, 6) is 0.186. The maximum Gasteiger partial charge on any atom is 0.185 e. The van der Waals surface area contributed by atoms with Crippen molar-refractivity contribution >= 4 is 5.96 Å². The van der Waals surface area contributed by atoms with Gasteiger partial charge in [-0.25, -0.2) is 0 Å². The van der Waals surface area contributed by atoms with Gasteiger partial charge in [-0.3, -0.25) is 4.99 Å². The number of aliphatic imine (C=N–C) groups is 1. The fraction of sp³-hybridized carbons (Fsp3) is 0.889. The summed E-state index contributed by atoms with van der Waals surface area (Å²) in [6.45, 7) is 1.58. The molecule has 0 aliphatic heterocycles. The largest absolute Gasteiger partial charge is 0.370 e. The number of rotatable bonds is 4. The summed E-state index contributed by atoms with van der Waals surface area (Å²) < 4.78 is 0. The second-order valence-corrected chi connectivity index (χ2v) is 3.60. The molecule has 1 rings (SSSR count). The summed E-state index contributed by atoms with van der Waals surface area (Å²) >= 11 is 0. The van der Waals surface area contributed by atoms with Gasteiger partial charge in [0.05, 0.1) is 6.54 Å². The van der Waals surface area contributed by atoms with E-state index in [9.17, 15) is 0 Å². The molecule has 1 aliphatic carbocycles. The van der Waals surface area contributed by atoms with Crippen LogP contribution >= 0.6 is 0 Å². The molecule has 0 radical (unpaired) electrons. The van der Waals surface area contributed by atoms with Crippen molar-refractivity contribution in [3.05, 3.63) is 0 Å². The first-order valence-corrected chi connectivity index (χ1v) is 5.08. The van der Waals surface area contributed by atoms with Gasteiger partial charge in [0.15, 0.2) is 5.96 Å². The molecular formula is C9H20N4. The Morgan fingerprint density at radius 3 is 2.54 bits per heavy atom. The van der Waals surface area contributed by atoms with Crippen LogP contribution in [0.15, 0.2) is 4.99 Å². The van der Waals surface area contributed by atoms with E-state index in [1.54, 1.807) is 0 Å². The van der Waals surface area contributed by atoms with Crippen LogP contribution in [0.1, 0.15) is 32.1 Å². The van der Waals surface area contributed by atoms with E-state index in [4.69, 9.17) is 11.5 Å². The minimum atomic E-state index is 0.186. The fourth-order valence-corrected chi connectivity index (χ4v) is 1.76. The van der Waals surface area contributed by atoms with Crippen molar-refractivity contribution in [1.29, 1.82) is 0 Å². The summed E-state index contributed by atoms with van der Waals surface area (Å²) in [4.78, 5) is 3.92. The van der Waals surface area contributed by atoms with Crippen molar-refractivity contribution in [3.63, 3.8) is 0 Å². The fourth-order valence-electron chi connectivity index (χ4n) is 1.76. The molecule has 0 heterocycles. The Hall–Kier alpha value is -0.770. The Balaban J connectivity index is 2.01. The minimum absolute atomic E-state index is 0.186. The Kier molecular flexibility index (Phi) is 4.60. The molecule has 0 aromatic carbocycles. The molecule has 0 unspecified atom stereocenters. The second-order valence-electron chi connectivity index (χ2n) is 3.60. The Morgan fingerprint density at radius 2 is 1.92 bits per heavy atom. The maximum atomic E-state index is 5.21. The molecule has 0 amide bonds. The van der Waals surface area contributed by atoms with Crippen molar-refractivity contribution in [1.82, 2.24) is 5.32 Å². The van der Waals surface area contributed by atoms with Crippen LogP contribution in [0.25, 0.3) is 0 Å². The van der Waals surface area contributed by atoms with Gasteiger partial charge in [-0.1, -0.05) is 19.3 Å². The normalized spacial score (nSPS) is 18.5. The van der Waals surface area contributed by atoms with Crippen LogP contribution in [0.3, 0.4) is 0 Å². The molecule has 0 aromatic rings. The molecule has 1 saturated carbocycles. The van der Waals surface area contributed by atoms with Crippen LogP contribution in [0.2, 0.25) is 0 Å². The van der Waals surface area contributed by atoms with Gasteiger partial charge in [0, 0.05) is 12.6 Å². The SMILES string of the molecule is NC(N)=NCCNC1CCCCC1. The zero-order valence-electron chi connectivity index (χ0n) is 8.13. The first-order valence-electron chi connectivity index (χ1n) is 5.08. The summed E-state index contributed by atoms with van der Waals surface area (Å²) in [7, 11) is 0. The van der Waals surface area contributed by atoms with Crippen LogP contribution < -0.4 is 16.8 Å². The lowest BCUT2D eigenvalue weighted by atomic mass is 9.96. The maximum absolute atomic E-state index is 5.21. The topological polar surface area (TPSA) is 76.4 Å². The molecule has 0 bridgehead atoms. The third-order valence-corrected chi connectivity index (χ3v) is 2.44. The van der Waals surface area contributed by atoms with Crippen molar-refractivity contribution < 1.29 is 0 Å². The molecule has 4 nitrogen and oxygen atoms in total. The van der Waals surface area contributed by atoms with Gasteiger partial charge in [0.1, 0.15) is 0 Å². The van der Waals surface area contributed by atoms with Crippen LogP contribution in [0.4, 0.5) is 0 Å². The molecule has 4 heteroatoms. The third kappa shape index (κ3) is 4.72. The Morgan fingerprint density at radius 1 is 1.23 bits per heavy atom. The zero-order valence-corrected chi connectivity index (χ0v) is 8.13. The number of nitrogens with one attached hydrogen (secondary N) is 1. The molecular weight excluding hydrogens is 164 g/mol. The van der Waals surface area contributed by atoms with Gasteiger partial charge in [0.2, 0.25) is 0 Å². The smallest absolute Gasteiger partial charge is 0.185 e. The first kappa shape index (κ1) is 10.3. The van der Waals surface area contributed by atoms with E-state index in [0.717, 1.165) is 6.54 Å². The van der Waals surface area contributed by atoms with E-state index >= 15 is 0 Å². The second kappa shape index (κ2) is 5.80. The number of hydrogen-bond donors (Lipinski definition) is 3. The van der Waals surface area contributed by atoms with Crippen molar-refractivity contribution in [2.75, 3.05) is 13.1 Å². The van der Waals surface area contributed by atoms with Crippen molar-refractivity contribution in [2.24, 2.45) is 16.5 Å². The summed E-state index contributed by atoms with van der Waals surface area (Å²) in [6.07, 6.45) is 6.73. The summed E-state index contributed by atoms with van der Waals surface area (Å²) in [6, 6.07) is 0.697. The quantitative estimate of drug-likeness (QED) is 0.331. The van der Waals surface area contributed by atoms with Gasteiger partial charge < -0.3 is 16.8 Å². The summed E-state index contributed by atoms with van der Waals surface area (Å²) in [5, 5.41) is 3.46. The highest BCUT2D eigenvalue weighted by Crippen LogP contribution is 2.16. The molecule has 0 atom stereocenters. The molecule has 1 aliphatic rings. The van der Waals surface area contributed by atoms with Crippen LogP contribution in [-0.4, -0.2) is 25.1 Å². The van der Waals surface area contributed by atoms with Crippen LogP contribution in [0.5, 0.6) is 0 Å². The average Bonchev–Trinajstić information content (AvgIpc) is 2.14. The van der Waals surface area contributed by atoms with Crippen LogP contribution in [0, 0.1) is 0 Å². The van der Waals surface area contributed by atoms with Gasteiger partial charge >= 0.3 is 0 Å². The number of guanidine groups is 1. The van der Waals surface area contributed by atoms with Crippen molar-refractivity contribution in [2.45, 2.75) is 38.1 Å². The van der Waals surface area contributed by atoms with E-state index in [0.29, 0.717) is 12.6 Å². The molecule has 0 saturated heterocycles. The average molecular weight is 184 g/mol. The van der Waals surface area contributed by atoms with Crippen molar-refractivity contribution in [3.8, 4) is 0 Å². The van der Waals surface area contributed by atoms with E-state index in [1.807, 2.05) is 0 Å². The predicted octanol–water partition coefficient (Wildman–Crippen LogP) is 0.182. The van der Waals surface area contributed by atoms with E-state index in [-0.39, 0.29) is 5.96 Å². The lowest BCUT2D eigenvalue weighted by molar-refractivity contribution is 0.377. The third-order valence-electron chi connectivity index (χ3n) is 2.44. The molecule has 0 spiro atoms. The van der Waals surface area contributed by atoms with E-state index in [1.165, 1.54) is 32.1 Å². The summed E-state index contributed by atoms with van der Waals surface area (Å²) in [5.41, 5.74) is 10.4. The zero-order chi connectivity index (χ0) is 9.52. The van der Waals surface area contributed by atoms with Gasteiger partial charge in [-0.15, -0.1) is 0 Å². The molecule has 76 valence electrons. The van der Waals surface area contributed by atoms with Gasteiger partial charge in [0.25, 0.3) is 0 Å². The standard InChI is InChI=1S/C9H20N4/c10-9(11)13-7-6-12-8-4-2-1-3-5-8/h8,12H,1-7H2,(H4,10,11,13). The molecule has 5 N–H and O–H groups in total. The van der Waals surface area contributed by atoms with Gasteiger partial charge in [-0.05, 0) is 12.8 Å². The first-order chi connectivity index (χ1) is 6.29. The minimum Gasteiger partial charge on any atom is -0.370 e. The highest BCUT2D eigenvalue weighted by molar-refractivity contribution is 5.75. The van der Waals surface area contributed by atoms with E-state index < -0.39 is 0 Å². The molecule has 0 aromatic heterocycles. The predicted molar refractivity (Wildman–Crippen MR) is 55.6 cm³/mol. The number of hydrogen-bond acceptors (Lipinski definition) is 2. The monoisotopic (exact) mass is 184 g/mol. The number of nitrogens with two attached hydrogens (primary N) is 2. The Bertz CT molecular complexity index is 157.